The summed E-state index contributed by atoms with van der Waals surface area (Å²) in [6.45, 7) is 16.2. The van der Waals surface area contributed by atoms with Crippen LogP contribution < -0.4 is 25.4 Å². The lowest BCUT2D eigenvalue weighted by Crippen LogP contribution is -2.52. The predicted molar refractivity (Wildman–Crippen MR) is 239 cm³/mol. The fourth-order valence-electron chi connectivity index (χ4n) is 9.13. The number of carbonyl (C=O) groups is 3. The number of halogens is 1. The molecule has 3 aliphatic rings. The molecule has 0 spiro atoms. The Hall–Kier alpha value is -5.02. The van der Waals surface area contributed by atoms with E-state index in [0.29, 0.717) is 55.7 Å². The van der Waals surface area contributed by atoms with Gasteiger partial charge in [0.2, 0.25) is 17.7 Å². The van der Waals surface area contributed by atoms with Crippen molar-refractivity contribution in [2.24, 2.45) is 17.9 Å². The first kappa shape index (κ1) is 43.1. The van der Waals surface area contributed by atoms with Crippen LogP contribution in [0.3, 0.4) is 0 Å². The third kappa shape index (κ3) is 10.1. The van der Waals surface area contributed by atoms with Crippen LogP contribution in [0.1, 0.15) is 77.2 Å². The summed E-state index contributed by atoms with van der Waals surface area (Å²) in [6, 6.07) is 9.69. The first-order valence-electron chi connectivity index (χ1n) is 20.9. The summed E-state index contributed by atoms with van der Waals surface area (Å²) in [6.07, 6.45) is 8.11. The van der Waals surface area contributed by atoms with Gasteiger partial charge in [-0.25, -0.2) is 9.97 Å². The van der Waals surface area contributed by atoms with E-state index in [0.717, 1.165) is 72.2 Å². The second-order valence-corrected chi connectivity index (χ2v) is 18.9. The molecule has 4 heterocycles. The minimum absolute atomic E-state index is 0.00795. The van der Waals surface area contributed by atoms with Gasteiger partial charge in [0, 0.05) is 69.6 Å². The maximum Gasteiger partial charge on any atom is 0.241 e. The van der Waals surface area contributed by atoms with Gasteiger partial charge in [0.15, 0.2) is 11.5 Å². The lowest BCUT2D eigenvalue weighted by atomic mass is 9.75. The van der Waals surface area contributed by atoms with Crippen molar-refractivity contribution in [1.82, 2.24) is 34.9 Å². The number of methoxy groups -OCH3 is 1. The first-order valence-corrected chi connectivity index (χ1v) is 21.7. The van der Waals surface area contributed by atoms with Crippen LogP contribution >= 0.6 is 15.9 Å². The molecule has 7 rings (SSSR count). The average molecular weight is 885 g/mol. The number of para-hydroxylation sites is 1. The highest BCUT2D eigenvalue weighted by Gasteiger charge is 2.34. The molecular weight excluding hydrogens is 826 g/mol. The van der Waals surface area contributed by atoms with Crippen LogP contribution in [0.15, 0.2) is 52.5 Å². The number of anilines is 2. The Morgan fingerprint density at radius 3 is 2.52 bits per heavy atom. The number of piperidine rings is 1. The van der Waals surface area contributed by atoms with E-state index in [1.54, 1.807) is 11.8 Å². The van der Waals surface area contributed by atoms with Crippen molar-refractivity contribution in [3.63, 3.8) is 0 Å². The highest BCUT2D eigenvalue weighted by Crippen LogP contribution is 2.39. The average Bonchev–Trinajstić information content (AvgIpc) is 3.53. The van der Waals surface area contributed by atoms with Gasteiger partial charge < -0.3 is 25.0 Å². The van der Waals surface area contributed by atoms with E-state index in [1.165, 1.54) is 10.1 Å². The molecule has 320 valence electrons. The molecule has 2 aromatic carbocycles. The SMILES string of the molecule is COc1cc2c(NCC3=CCCC(Br)=C3)nc(C)nc2cc1OCC(C)(C)CC(C)(C)CN1CCN(C(=O)CNc2cccc3c(C4CCC(=O)NC4=O)nn(C)c23)CC1. The van der Waals surface area contributed by atoms with Crippen LogP contribution in [0.4, 0.5) is 11.5 Å². The Bertz CT molecular complexity index is 2340. The van der Waals surface area contributed by atoms with Crippen molar-refractivity contribution in [1.29, 1.82) is 0 Å². The Balaban J connectivity index is 0.905. The van der Waals surface area contributed by atoms with Crippen molar-refractivity contribution in [2.75, 3.05) is 70.2 Å². The van der Waals surface area contributed by atoms with E-state index in [9.17, 15) is 14.4 Å². The number of nitrogens with one attached hydrogen (secondary N) is 3. The number of allylic oxidation sites excluding steroid dienone is 2. The Labute approximate surface area is 360 Å². The number of aryl methyl sites for hydroxylation is 2. The molecule has 14 nitrogen and oxygen atoms in total. The quantitative estimate of drug-likeness (QED) is 0.108. The van der Waals surface area contributed by atoms with Gasteiger partial charge in [-0.15, -0.1) is 0 Å². The fourth-order valence-corrected chi connectivity index (χ4v) is 9.66. The van der Waals surface area contributed by atoms with Crippen LogP contribution in [-0.2, 0) is 21.4 Å². The summed E-state index contributed by atoms with van der Waals surface area (Å²) in [5, 5.41) is 15.7. The van der Waals surface area contributed by atoms with Gasteiger partial charge in [0.1, 0.15) is 11.6 Å². The van der Waals surface area contributed by atoms with Gasteiger partial charge in [-0.05, 0) is 71.7 Å². The van der Waals surface area contributed by atoms with Crippen molar-refractivity contribution in [3.8, 4) is 11.5 Å². The molecule has 1 aliphatic carbocycles. The summed E-state index contributed by atoms with van der Waals surface area (Å²) in [5.41, 5.74) is 4.12. The summed E-state index contributed by atoms with van der Waals surface area (Å²) >= 11 is 3.64. The minimum Gasteiger partial charge on any atom is -0.493 e. The number of carbonyl (C=O) groups excluding carboxylic acids is 3. The highest BCUT2D eigenvalue weighted by molar-refractivity contribution is 9.11. The molecule has 0 radical (unpaired) electrons. The normalized spacial score (nSPS) is 18.0. The number of aromatic nitrogens is 4. The number of amides is 3. The van der Waals surface area contributed by atoms with E-state index < -0.39 is 5.92 Å². The zero-order valence-electron chi connectivity index (χ0n) is 35.9. The first-order chi connectivity index (χ1) is 28.6. The van der Waals surface area contributed by atoms with E-state index in [4.69, 9.17) is 19.4 Å². The van der Waals surface area contributed by atoms with E-state index >= 15 is 0 Å². The monoisotopic (exact) mass is 883 g/mol. The number of benzene rings is 2. The number of ether oxygens (including phenoxy) is 2. The van der Waals surface area contributed by atoms with Gasteiger partial charge in [0.25, 0.3) is 0 Å². The van der Waals surface area contributed by atoms with Crippen LogP contribution in [-0.4, -0.2) is 107 Å². The number of hydrogen-bond acceptors (Lipinski definition) is 11. The molecule has 1 unspecified atom stereocenters. The minimum atomic E-state index is -0.489. The zero-order chi connectivity index (χ0) is 42.8. The molecule has 0 bridgehead atoms. The van der Waals surface area contributed by atoms with Crippen molar-refractivity contribution in [3.05, 3.63) is 64.1 Å². The largest absolute Gasteiger partial charge is 0.493 e. The van der Waals surface area contributed by atoms with Crippen LogP contribution in [0, 0.1) is 17.8 Å². The van der Waals surface area contributed by atoms with Gasteiger partial charge in [-0.3, -0.25) is 29.3 Å². The molecular formula is C45H58BrN9O5. The van der Waals surface area contributed by atoms with Crippen molar-refractivity contribution < 1.29 is 23.9 Å². The highest BCUT2D eigenvalue weighted by atomic mass is 79.9. The number of imide groups is 1. The summed E-state index contributed by atoms with van der Waals surface area (Å²) in [7, 11) is 3.49. The molecule has 4 aromatic rings. The van der Waals surface area contributed by atoms with Gasteiger partial charge in [-0.1, -0.05) is 61.8 Å². The molecule has 15 heteroatoms. The second-order valence-electron chi connectivity index (χ2n) is 17.9. The standard InChI is InChI=1S/C45H58BrN9O5/c1-28-49-35-22-37(36(59-7)21-33(35)42(50-28)48-23-29-10-8-11-30(46)20-29)60-27-45(4,5)25-44(2,3)26-54-16-18-55(19-17-54)39(57)24-47-34-13-9-12-31-40(52-53(6)41(31)34)32-14-15-38(56)51-43(32)58/h9-10,12-13,20-22,32,47H,8,11,14-19,23-27H2,1-7H3,(H,48,49,50)(H,51,56,58). The maximum atomic E-state index is 13.4. The van der Waals surface area contributed by atoms with E-state index in [1.807, 2.05) is 49.2 Å². The lowest BCUT2D eigenvalue weighted by molar-refractivity contribution is -0.134. The van der Waals surface area contributed by atoms with Crippen LogP contribution in [0.5, 0.6) is 11.5 Å². The van der Waals surface area contributed by atoms with Crippen molar-refractivity contribution in [2.45, 2.75) is 72.6 Å². The number of hydrogen-bond donors (Lipinski definition) is 3. The number of piperazine rings is 1. The third-order valence-corrected chi connectivity index (χ3v) is 12.2. The molecule has 1 atom stereocenters. The summed E-state index contributed by atoms with van der Waals surface area (Å²) in [4.78, 5) is 51.6. The van der Waals surface area contributed by atoms with Crippen LogP contribution in [0.2, 0.25) is 0 Å². The number of fused-ring (bicyclic) bond motifs is 2. The number of rotatable bonds is 15. The van der Waals surface area contributed by atoms with Gasteiger partial charge in [0.05, 0.1) is 48.6 Å². The van der Waals surface area contributed by atoms with E-state index in [2.05, 4.69) is 81.7 Å². The predicted octanol–water partition coefficient (Wildman–Crippen LogP) is 6.84. The Kier molecular flexibility index (Phi) is 12.9. The Morgan fingerprint density at radius 1 is 1.00 bits per heavy atom. The lowest BCUT2D eigenvalue weighted by Gasteiger charge is -2.41. The fraction of sp³-hybridized carbons (Fsp3) is 0.511. The zero-order valence-corrected chi connectivity index (χ0v) is 37.5. The van der Waals surface area contributed by atoms with Gasteiger partial charge >= 0.3 is 0 Å². The summed E-state index contributed by atoms with van der Waals surface area (Å²) < 4.78 is 15.3. The molecule has 2 aliphatic heterocycles. The molecule has 2 aromatic heterocycles. The van der Waals surface area contributed by atoms with Crippen LogP contribution in [0.25, 0.3) is 21.8 Å². The third-order valence-electron chi connectivity index (χ3n) is 11.5. The molecule has 60 heavy (non-hydrogen) atoms. The summed E-state index contributed by atoms with van der Waals surface area (Å²) in [5.74, 6) is 1.73. The topological polar surface area (TPSA) is 156 Å². The molecule has 2 fully saturated rings. The molecule has 2 saturated heterocycles. The Morgan fingerprint density at radius 2 is 1.78 bits per heavy atom. The van der Waals surface area contributed by atoms with Crippen molar-refractivity contribution >= 4 is 67.0 Å². The van der Waals surface area contributed by atoms with E-state index in [-0.39, 0.29) is 41.5 Å². The molecule has 3 N–H and O–H groups in total. The number of nitrogens with zero attached hydrogens (tertiary/aromatic N) is 6. The second kappa shape index (κ2) is 17.9. The molecule has 0 saturated carbocycles. The molecule has 3 amide bonds. The maximum absolute atomic E-state index is 13.4. The van der Waals surface area contributed by atoms with Gasteiger partial charge in [-0.2, -0.15) is 5.10 Å². The smallest absolute Gasteiger partial charge is 0.241 e.